The van der Waals surface area contributed by atoms with E-state index in [1.54, 1.807) is 53.2 Å². The Bertz CT molecular complexity index is 2260. The van der Waals surface area contributed by atoms with Gasteiger partial charge < -0.3 is 19.3 Å². The van der Waals surface area contributed by atoms with Crippen LogP contribution in [0.4, 0.5) is 17.8 Å². The number of ether oxygens (including phenoxy) is 2. The predicted octanol–water partition coefficient (Wildman–Crippen LogP) is 5.23. The van der Waals surface area contributed by atoms with Gasteiger partial charge in [-0.2, -0.15) is 25.0 Å². The van der Waals surface area contributed by atoms with E-state index in [-0.39, 0.29) is 23.7 Å². The van der Waals surface area contributed by atoms with Gasteiger partial charge in [0.05, 0.1) is 19.9 Å². The zero-order valence-corrected chi connectivity index (χ0v) is 31.6. The molecule has 0 unspecified atom stereocenters. The number of nitrogens with zero attached hydrogens (tertiary/aromatic N) is 11. The molecule has 17 heteroatoms. The first-order valence-corrected chi connectivity index (χ1v) is 18.4. The van der Waals surface area contributed by atoms with Crippen LogP contribution in [-0.4, -0.2) is 80.2 Å². The molecule has 53 heavy (non-hydrogen) atoms. The second kappa shape index (κ2) is 15.4. The van der Waals surface area contributed by atoms with E-state index < -0.39 is 11.2 Å². The summed E-state index contributed by atoms with van der Waals surface area (Å²) < 4.78 is 16.0. The van der Waals surface area contributed by atoms with Crippen LogP contribution in [0.2, 0.25) is 10.0 Å². The Kier molecular flexibility index (Phi) is 10.6. The summed E-state index contributed by atoms with van der Waals surface area (Å²) in [6.07, 6.45) is 8.57. The number of piperidine rings is 2. The molecule has 7 rings (SSSR count). The number of benzene rings is 2. The van der Waals surface area contributed by atoms with Crippen molar-refractivity contribution in [3.8, 4) is 17.5 Å². The molecule has 278 valence electrons. The Balaban J connectivity index is 1.19. The highest BCUT2D eigenvalue weighted by atomic mass is 35.5. The number of halogens is 2. The topological polar surface area (TPSA) is 141 Å². The van der Waals surface area contributed by atoms with Crippen LogP contribution in [-0.2, 0) is 20.6 Å². The molecule has 3 aromatic heterocycles. The smallest absolute Gasteiger partial charge is 0.332 e. The zero-order chi connectivity index (χ0) is 37.2. The van der Waals surface area contributed by atoms with Gasteiger partial charge in [0.15, 0.2) is 22.7 Å². The molecular formula is C36H41Cl2N11O4. The highest BCUT2D eigenvalue weighted by molar-refractivity contribution is 6.35. The first-order valence-electron chi connectivity index (χ1n) is 17.6. The van der Waals surface area contributed by atoms with E-state index in [4.69, 9.17) is 47.6 Å². The number of aryl methyl sites for hydroxylation is 1. The van der Waals surface area contributed by atoms with Crippen LogP contribution < -0.4 is 35.5 Å². The molecule has 2 fully saturated rings. The average Bonchev–Trinajstić information content (AvgIpc) is 3.54. The minimum Gasteiger partial charge on any atom is -0.493 e. The molecule has 0 bridgehead atoms. The fraction of sp³-hybridized carbons (Fsp3) is 0.417. The van der Waals surface area contributed by atoms with E-state index in [0.717, 1.165) is 62.0 Å². The lowest BCUT2D eigenvalue weighted by Gasteiger charge is -2.30. The molecule has 0 radical (unpaired) electrons. The first-order chi connectivity index (χ1) is 25.6. The van der Waals surface area contributed by atoms with Crippen molar-refractivity contribution in [1.82, 2.24) is 33.6 Å². The summed E-state index contributed by atoms with van der Waals surface area (Å²) in [6, 6.07) is 10.5. The number of hydrogen-bond donors (Lipinski definition) is 0. The second-order valence-corrected chi connectivity index (χ2v) is 14.0. The van der Waals surface area contributed by atoms with Crippen LogP contribution in [0.3, 0.4) is 0 Å². The van der Waals surface area contributed by atoms with Gasteiger partial charge in [0.25, 0.3) is 11.5 Å². The van der Waals surface area contributed by atoms with Crippen LogP contribution in [0.5, 0.6) is 17.5 Å². The summed E-state index contributed by atoms with van der Waals surface area (Å²) in [5.41, 5.74) is 0.684. The summed E-state index contributed by atoms with van der Waals surface area (Å²) in [7, 11) is 6.31. The third kappa shape index (κ3) is 7.53. The van der Waals surface area contributed by atoms with Gasteiger partial charge >= 0.3 is 11.7 Å². The van der Waals surface area contributed by atoms with Gasteiger partial charge in [-0.05, 0) is 80.0 Å². The molecule has 0 N–H and O–H groups in total. The lowest BCUT2D eigenvalue weighted by Crippen LogP contribution is -2.37. The number of hydrazone groups is 1. The third-order valence-corrected chi connectivity index (χ3v) is 10.2. The molecule has 2 aliphatic rings. The lowest BCUT2D eigenvalue weighted by atomic mass is 10.1. The normalized spacial score (nSPS) is 15.1. The van der Waals surface area contributed by atoms with Crippen molar-refractivity contribution in [1.29, 1.82) is 0 Å². The first kappa shape index (κ1) is 36.2. The van der Waals surface area contributed by atoms with Crippen molar-refractivity contribution < 1.29 is 9.47 Å². The third-order valence-electron chi connectivity index (χ3n) is 9.59. The Morgan fingerprint density at radius 2 is 1.49 bits per heavy atom. The predicted molar refractivity (Wildman–Crippen MR) is 207 cm³/mol. The molecule has 0 saturated carbocycles. The van der Waals surface area contributed by atoms with Crippen molar-refractivity contribution in [3.05, 3.63) is 78.4 Å². The molecule has 0 atom stereocenters. The van der Waals surface area contributed by atoms with Crippen LogP contribution in [0.1, 0.15) is 49.7 Å². The minimum absolute atomic E-state index is 0.0626. The van der Waals surface area contributed by atoms with Gasteiger partial charge in [0, 0.05) is 57.4 Å². The molecule has 2 saturated heterocycles. The number of fused-ring (bicyclic) bond motifs is 1. The fourth-order valence-electron chi connectivity index (χ4n) is 6.58. The molecule has 0 amide bonds. The second-order valence-electron chi connectivity index (χ2n) is 13.2. The SMILES string of the molecule is COc1cc(C=NN(C)c2nc(N3CCCCC3)nc(N3CCCCC3)n2)ccc1Oc1nc2c(c(=O)n(C)c(=O)n2C)n1Cc1ccc(Cl)cc1Cl. The van der Waals surface area contributed by atoms with E-state index in [0.29, 0.717) is 45.0 Å². The molecule has 2 aliphatic heterocycles. The monoisotopic (exact) mass is 761 g/mol. The molecular weight excluding hydrogens is 721 g/mol. The quantitative estimate of drug-likeness (QED) is 0.137. The van der Waals surface area contributed by atoms with Crippen molar-refractivity contribution >= 4 is 58.4 Å². The Hall–Kier alpha value is -5.15. The van der Waals surface area contributed by atoms with E-state index in [1.807, 2.05) is 13.1 Å². The highest BCUT2D eigenvalue weighted by Gasteiger charge is 2.24. The molecule has 5 heterocycles. The van der Waals surface area contributed by atoms with Gasteiger partial charge in [-0.1, -0.05) is 29.3 Å². The van der Waals surface area contributed by atoms with Crippen molar-refractivity contribution in [2.45, 2.75) is 45.1 Å². The summed E-state index contributed by atoms with van der Waals surface area (Å²) in [4.78, 5) is 49.8. The van der Waals surface area contributed by atoms with Crippen molar-refractivity contribution in [3.63, 3.8) is 0 Å². The van der Waals surface area contributed by atoms with Gasteiger partial charge in [-0.15, -0.1) is 0 Å². The number of imidazole rings is 1. The summed E-state index contributed by atoms with van der Waals surface area (Å²) >= 11 is 12.7. The zero-order valence-electron chi connectivity index (χ0n) is 30.1. The molecule has 2 aromatic carbocycles. The van der Waals surface area contributed by atoms with E-state index in [9.17, 15) is 9.59 Å². The Morgan fingerprint density at radius 3 is 2.11 bits per heavy atom. The van der Waals surface area contributed by atoms with Crippen molar-refractivity contribution in [2.75, 3.05) is 55.1 Å². The standard InChI is InChI=1S/C36H41Cl2N11O4/c1-44-30-29(31(50)45(2)36(44)51)49(22-24-12-13-25(37)20-26(24)38)35(40-30)53-27-14-11-23(19-28(27)52-4)21-39-46(3)32-41-33(47-15-7-5-8-16-47)43-34(42-32)48-17-9-6-10-18-48/h11-14,19-21H,5-10,15-18,22H2,1-4H3. The van der Waals surface area contributed by atoms with Gasteiger partial charge in [0.2, 0.25) is 11.9 Å². The summed E-state index contributed by atoms with van der Waals surface area (Å²) in [5, 5.41) is 7.20. The number of hydrogen-bond acceptors (Lipinski definition) is 12. The number of methoxy groups -OCH3 is 1. The Morgan fingerprint density at radius 1 is 0.830 bits per heavy atom. The van der Waals surface area contributed by atoms with Crippen molar-refractivity contribution in [2.24, 2.45) is 19.2 Å². The van der Waals surface area contributed by atoms with Gasteiger partial charge in [-0.25, -0.2) is 9.80 Å². The number of aromatic nitrogens is 7. The lowest BCUT2D eigenvalue weighted by molar-refractivity contribution is 0.361. The van der Waals surface area contributed by atoms with Crippen LogP contribution >= 0.6 is 23.2 Å². The maximum atomic E-state index is 13.4. The van der Waals surface area contributed by atoms with E-state index in [2.05, 4.69) is 19.9 Å². The molecule has 15 nitrogen and oxygen atoms in total. The number of anilines is 3. The maximum absolute atomic E-state index is 13.4. The summed E-state index contributed by atoms with van der Waals surface area (Å²) in [5.74, 6) is 2.55. The fourth-order valence-corrected chi connectivity index (χ4v) is 7.05. The van der Waals surface area contributed by atoms with Crippen LogP contribution in [0.15, 0.2) is 51.1 Å². The Labute approximate surface area is 316 Å². The minimum atomic E-state index is -0.526. The van der Waals surface area contributed by atoms with Crippen LogP contribution in [0.25, 0.3) is 11.2 Å². The highest BCUT2D eigenvalue weighted by Crippen LogP contribution is 2.34. The molecule has 5 aromatic rings. The number of rotatable bonds is 10. The largest absolute Gasteiger partial charge is 0.493 e. The molecule has 0 spiro atoms. The molecule has 0 aliphatic carbocycles. The van der Waals surface area contributed by atoms with Crippen LogP contribution in [0, 0.1) is 0 Å². The average molecular weight is 763 g/mol. The maximum Gasteiger partial charge on any atom is 0.332 e. The van der Waals surface area contributed by atoms with Gasteiger partial charge in [0.1, 0.15) is 0 Å². The van der Waals surface area contributed by atoms with Gasteiger partial charge in [-0.3, -0.25) is 18.5 Å². The summed E-state index contributed by atoms with van der Waals surface area (Å²) in [6.45, 7) is 3.80. The van der Waals surface area contributed by atoms with E-state index >= 15 is 0 Å². The van der Waals surface area contributed by atoms with E-state index in [1.165, 1.54) is 31.6 Å².